The van der Waals surface area contributed by atoms with Crippen LogP contribution in [0.25, 0.3) is 11.1 Å². The van der Waals surface area contributed by atoms with Gasteiger partial charge in [0, 0.05) is 12.0 Å². The second kappa shape index (κ2) is 11.2. The van der Waals surface area contributed by atoms with Gasteiger partial charge in [-0.3, -0.25) is 0 Å². The molecule has 0 spiro atoms. The molecule has 0 atom stereocenters. The Bertz CT molecular complexity index is 1290. The first-order valence-electron chi connectivity index (χ1n) is 12.5. The van der Waals surface area contributed by atoms with Crippen molar-refractivity contribution < 1.29 is 14.0 Å². The molecule has 0 saturated heterocycles. The number of benzene rings is 4. The van der Waals surface area contributed by atoms with E-state index in [0.717, 1.165) is 46.8 Å². The SMILES string of the molecule is CC/C(=C(\c1ccc(OCCNC)cc1)c1ccc(B2Oc3ccccc3O2)cc1)c1ccccc1. The molecule has 1 aliphatic rings. The number of fused-ring (bicyclic) bond motifs is 1. The minimum atomic E-state index is -0.433. The largest absolute Gasteiger partial charge is 0.632 e. The number of likely N-dealkylation sites (N-methyl/N-ethyl adjacent to an activating group) is 1. The summed E-state index contributed by atoms with van der Waals surface area (Å²) in [5.41, 5.74) is 7.04. The Hall–Kier alpha value is -3.96. The second-order valence-corrected chi connectivity index (χ2v) is 8.69. The van der Waals surface area contributed by atoms with Crippen LogP contribution in [0.2, 0.25) is 0 Å². The van der Waals surface area contributed by atoms with E-state index in [1.165, 1.54) is 16.7 Å². The Morgan fingerprint density at radius 2 is 1.31 bits per heavy atom. The maximum absolute atomic E-state index is 6.02. The van der Waals surface area contributed by atoms with E-state index in [1.54, 1.807) is 0 Å². The highest BCUT2D eigenvalue weighted by molar-refractivity contribution is 6.63. The number of ether oxygens (including phenoxy) is 1. The van der Waals surface area contributed by atoms with Crippen LogP contribution in [0.5, 0.6) is 17.2 Å². The first-order valence-corrected chi connectivity index (χ1v) is 12.5. The first-order chi connectivity index (χ1) is 17.8. The Kier molecular flexibility index (Phi) is 7.39. The van der Waals surface area contributed by atoms with Crippen molar-refractivity contribution in [2.45, 2.75) is 13.3 Å². The molecule has 0 fully saturated rings. The van der Waals surface area contributed by atoms with Crippen molar-refractivity contribution in [1.82, 2.24) is 5.32 Å². The molecule has 4 nitrogen and oxygen atoms in total. The molecule has 5 heteroatoms. The summed E-state index contributed by atoms with van der Waals surface area (Å²) >= 11 is 0. The van der Waals surface area contributed by atoms with Crippen LogP contribution in [-0.4, -0.2) is 27.3 Å². The summed E-state index contributed by atoms with van der Waals surface area (Å²) in [5, 5.41) is 3.11. The van der Waals surface area contributed by atoms with Gasteiger partial charge in [0.1, 0.15) is 23.9 Å². The molecule has 0 aromatic heterocycles. The summed E-state index contributed by atoms with van der Waals surface area (Å²) in [6, 6.07) is 35.3. The zero-order chi connectivity index (χ0) is 24.7. The van der Waals surface area contributed by atoms with Gasteiger partial charge in [-0.1, -0.05) is 85.8 Å². The first kappa shape index (κ1) is 23.8. The number of rotatable bonds is 9. The highest BCUT2D eigenvalue weighted by Gasteiger charge is 2.33. The summed E-state index contributed by atoms with van der Waals surface area (Å²) < 4.78 is 17.9. The molecule has 0 unspecified atom stereocenters. The average molecular weight is 475 g/mol. The quantitative estimate of drug-likeness (QED) is 0.188. The van der Waals surface area contributed by atoms with Crippen molar-refractivity contribution in [1.29, 1.82) is 0 Å². The number of allylic oxidation sites excluding steroid dienone is 1. The predicted octanol–water partition coefficient (Wildman–Crippen LogP) is 5.82. The maximum Gasteiger partial charge on any atom is 0.632 e. The zero-order valence-corrected chi connectivity index (χ0v) is 20.7. The topological polar surface area (TPSA) is 39.7 Å². The van der Waals surface area contributed by atoms with Gasteiger partial charge in [-0.15, -0.1) is 0 Å². The third-order valence-corrected chi connectivity index (χ3v) is 6.33. The summed E-state index contributed by atoms with van der Waals surface area (Å²) in [6.07, 6.45) is 0.908. The standard InChI is InChI=1S/C31H30BNO3/c1-3-28(23-9-5-4-6-10-23)31(25-15-19-27(20-16-25)34-22-21-33-2)24-13-17-26(18-14-24)32-35-29-11-7-8-12-30(29)36-32/h4-20,33H,3,21-22H2,1-2H3/b31-28+. The Labute approximate surface area is 213 Å². The Morgan fingerprint density at radius 3 is 1.89 bits per heavy atom. The molecule has 36 heavy (non-hydrogen) atoms. The van der Waals surface area contributed by atoms with Crippen molar-refractivity contribution in [2.24, 2.45) is 0 Å². The molecule has 1 aliphatic heterocycles. The van der Waals surface area contributed by atoms with E-state index in [0.29, 0.717) is 6.61 Å². The lowest BCUT2D eigenvalue weighted by molar-refractivity contribution is 0.318. The normalized spacial score (nSPS) is 12.9. The van der Waals surface area contributed by atoms with E-state index >= 15 is 0 Å². The summed E-state index contributed by atoms with van der Waals surface area (Å²) in [5.74, 6) is 2.43. The third kappa shape index (κ3) is 5.17. The molecule has 0 amide bonds. The molecule has 0 aliphatic carbocycles. The fourth-order valence-corrected chi connectivity index (χ4v) is 4.51. The minimum Gasteiger partial charge on any atom is -0.519 e. The van der Waals surface area contributed by atoms with Gasteiger partial charge in [-0.2, -0.15) is 0 Å². The van der Waals surface area contributed by atoms with Gasteiger partial charge >= 0.3 is 7.12 Å². The summed E-state index contributed by atoms with van der Waals surface area (Å²) in [6.45, 7) is 3.66. The predicted molar refractivity (Wildman–Crippen MR) is 148 cm³/mol. The van der Waals surface area contributed by atoms with E-state index in [4.69, 9.17) is 14.0 Å². The lowest BCUT2D eigenvalue weighted by Gasteiger charge is -2.17. The van der Waals surface area contributed by atoms with E-state index in [9.17, 15) is 0 Å². The highest BCUT2D eigenvalue weighted by atomic mass is 16.6. The summed E-state index contributed by atoms with van der Waals surface area (Å²) in [7, 11) is 1.49. The van der Waals surface area contributed by atoms with Gasteiger partial charge in [0.15, 0.2) is 0 Å². The van der Waals surface area contributed by atoms with Crippen molar-refractivity contribution in [2.75, 3.05) is 20.2 Å². The molecule has 0 radical (unpaired) electrons. The maximum atomic E-state index is 6.02. The van der Waals surface area contributed by atoms with Crippen LogP contribution in [0, 0.1) is 0 Å². The van der Waals surface area contributed by atoms with Gasteiger partial charge in [0.2, 0.25) is 0 Å². The molecule has 4 aromatic rings. The van der Waals surface area contributed by atoms with Crippen molar-refractivity contribution in [3.05, 3.63) is 120 Å². The van der Waals surface area contributed by atoms with Crippen molar-refractivity contribution in [3.8, 4) is 17.2 Å². The molecular formula is C31H30BNO3. The van der Waals surface area contributed by atoms with Crippen molar-refractivity contribution in [3.63, 3.8) is 0 Å². The van der Waals surface area contributed by atoms with Gasteiger partial charge in [0.25, 0.3) is 0 Å². The number of nitrogens with one attached hydrogen (secondary N) is 1. The van der Waals surface area contributed by atoms with Gasteiger partial charge in [0.05, 0.1) is 0 Å². The van der Waals surface area contributed by atoms with Crippen LogP contribution < -0.4 is 24.8 Å². The van der Waals surface area contributed by atoms with Crippen LogP contribution in [0.4, 0.5) is 0 Å². The monoisotopic (exact) mass is 475 g/mol. The van der Waals surface area contributed by atoms with Gasteiger partial charge < -0.3 is 19.4 Å². The van der Waals surface area contributed by atoms with Gasteiger partial charge in [-0.05, 0) is 65.6 Å². The zero-order valence-electron chi connectivity index (χ0n) is 20.7. The van der Waals surface area contributed by atoms with Crippen LogP contribution in [0.15, 0.2) is 103 Å². The summed E-state index contributed by atoms with van der Waals surface area (Å²) in [4.78, 5) is 0. The fourth-order valence-electron chi connectivity index (χ4n) is 4.51. The van der Waals surface area contributed by atoms with E-state index in [-0.39, 0.29) is 0 Å². The molecule has 1 N–H and O–H groups in total. The number of hydrogen-bond donors (Lipinski definition) is 1. The lowest BCUT2D eigenvalue weighted by atomic mass is 9.78. The molecule has 180 valence electrons. The van der Waals surface area contributed by atoms with E-state index < -0.39 is 7.12 Å². The second-order valence-electron chi connectivity index (χ2n) is 8.69. The minimum absolute atomic E-state index is 0.433. The van der Waals surface area contributed by atoms with E-state index in [2.05, 4.69) is 91.1 Å². The molecule has 5 rings (SSSR count). The molecule has 4 aromatic carbocycles. The van der Waals surface area contributed by atoms with Crippen LogP contribution >= 0.6 is 0 Å². The van der Waals surface area contributed by atoms with Crippen LogP contribution in [0.1, 0.15) is 30.0 Å². The average Bonchev–Trinajstić information content (AvgIpc) is 3.37. The Morgan fingerprint density at radius 1 is 0.722 bits per heavy atom. The Balaban J connectivity index is 1.49. The third-order valence-electron chi connectivity index (χ3n) is 6.33. The van der Waals surface area contributed by atoms with Crippen molar-refractivity contribution >= 4 is 23.7 Å². The number of hydrogen-bond acceptors (Lipinski definition) is 4. The number of para-hydroxylation sites is 2. The van der Waals surface area contributed by atoms with Crippen LogP contribution in [0.3, 0.4) is 0 Å². The molecule has 0 bridgehead atoms. The molecule has 1 heterocycles. The van der Waals surface area contributed by atoms with E-state index in [1.807, 2.05) is 31.3 Å². The van der Waals surface area contributed by atoms with Crippen LogP contribution in [-0.2, 0) is 0 Å². The smallest absolute Gasteiger partial charge is 0.519 e. The van der Waals surface area contributed by atoms with Gasteiger partial charge in [-0.25, -0.2) is 0 Å². The molecule has 0 saturated carbocycles. The molecular weight excluding hydrogens is 445 g/mol. The highest BCUT2D eigenvalue weighted by Crippen LogP contribution is 2.36. The lowest BCUT2D eigenvalue weighted by Crippen LogP contribution is -2.38. The fraction of sp³-hybridized carbons (Fsp3) is 0.161.